The molecule has 0 unspecified atom stereocenters. The summed E-state index contributed by atoms with van der Waals surface area (Å²) in [6, 6.07) is 0.361. The van der Waals surface area contributed by atoms with Crippen molar-refractivity contribution in [2.45, 2.75) is 18.9 Å². The van der Waals surface area contributed by atoms with Crippen molar-refractivity contribution in [1.82, 2.24) is 0 Å². The van der Waals surface area contributed by atoms with Gasteiger partial charge >= 0.3 is 0 Å². The molecular formula is C8H17NO2. The Bertz CT molecular complexity index is 106. The highest BCUT2D eigenvalue weighted by Crippen LogP contribution is 2.40. The summed E-state index contributed by atoms with van der Waals surface area (Å²) in [5.74, 6) is 0. The van der Waals surface area contributed by atoms with Gasteiger partial charge in [0, 0.05) is 25.7 Å². The van der Waals surface area contributed by atoms with Crippen molar-refractivity contribution in [1.29, 1.82) is 0 Å². The third-order valence-electron chi connectivity index (χ3n) is 2.29. The summed E-state index contributed by atoms with van der Waals surface area (Å²) in [5.41, 5.74) is 5.93. The number of hydrogen-bond donors (Lipinski definition) is 1. The second-order valence-corrected chi connectivity index (χ2v) is 3.53. The van der Waals surface area contributed by atoms with Crippen LogP contribution in [0.4, 0.5) is 0 Å². The third-order valence-corrected chi connectivity index (χ3v) is 2.29. The molecule has 66 valence electrons. The molecule has 0 bridgehead atoms. The van der Waals surface area contributed by atoms with Crippen LogP contribution in [0.2, 0.25) is 0 Å². The Morgan fingerprint density at radius 3 is 2.00 bits per heavy atom. The maximum absolute atomic E-state index is 5.70. The molecule has 1 aliphatic rings. The van der Waals surface area contributed by atoms with E-state index in [9.17, 15) is 0 Å². The van der Waals surface area contributed by atoms with Crippen molar-refractivity contribution < 1.29 is 9.47 Å². The Labute approximate surface area is 67.9 Å². The van der Waals surface area contributed by atoms with E-state index in [4.69, 9.17) is 15.2 Å². The molecule has 1 rings (SSSR count). The first-order valence-corrected chi connectivity index (χ1v) is 3.96. The lowest BCUT2D eigenvalue weighted by molar-refractivity contribution is -0.0511. The first kappa shape index (κ1) is 8.97. The van der Waals surface area contributed by atoms with Crippen LogP contribution in [0.3, 0.4) is 0 Å². The fourth-order valence-electron chi connectivity index (χ4n) is 1.94. The van der Waals surface area contributed by atoms with E-state index in [1.807, 2.05) is 0 Å². The van der Waals surface area contributed by atoms with E-state index in [1.165, 1.54) is 0 Å². The molecule has 0 radical (unpaired) electrons. The highest BCUT2D eigenvalue weighted by atomic mass is 16.5. The molecule has 0 atom stereocenters. The zero-order valence-corrected chi connectivity index (χ0v) is 7.30. The lowest BCUT2D eigenvalue weighted by atomic mass is 9.67. The molecule has 0 spiro atoms. The third kappa shape index (κ3) is 1.92. The predicted molar refractivity (Wildman–Crippen MR) is 43.4 cm³/mol. The van der Waals surface area contributed by atoms with Gasteiger partial charge in [-0.2, -0.15) is 0 Å². The molecule has 0 amide bonds. The second-order valence-electron chi connectivity index (χ2n) is 3.53. The Kier molecular flexibility index (Phi) is 2.87. The van der Waals surface area contributed by atoms with E-state index < -0.39 is 0 Å². The van der Waals surface area contributed by atoms with Gasteiger partial charge in [0.25, 0.3) is 0 Å². The summed E-state index contributed by atoms with van der Waals surface area (Å²) in [5, 5.41) is 0. The molecule has 1 aliphatic carbocycles. The van der Waals surface area contributed by atoms with Crippen LogP contribution in [-0.4, -0.2) is 33.5 Å². The van der Waals surface area contributed by atoms with Crippen LogP contribution < -0.4 is 5.73 Å². The minimum Gasteiger partial charge on any atom is -0.384 e. The highest BCUT2D eigenvalue weighted by Gasteiger charge is 2.42. The van der Waals surface area contributed by atoms with E-state index in [0.717, 1.165) is 26.1 Å². The molecule has 0 heterocycles. The summed E-state index contributed by atoms with van der Waals surface area (Å²) in [6.07, 6.45) is 2.07. The standard InChI is InChI=1S/C8H17NO2/c1-10-5-8(6-11-2)3-7(9)4-8/h7H,3-6,9H2,1-2H3. The maximum Gasteiger partial charge on any atom is 0.0541 e. The Morgan fingerprint density at radius 1 is 1.27 bits per heavy atom. The monoisotopic (exact) mass is 159 g/mol. The van der Waals surface area contributed by atoms with Crippen LogP contribution in [0, 0.1) is 5.41 Å². The van der Waals surface area contributed by atoms with Crippen LogP contribution in [0.5, 0.6) is 0 Å². The number of rotatable bonds is 4. The maximum atomic E-state index is 5.70. The number of methoxy groups -OCH3 is 2. The smallest absolute Gasteiger partial charge is 0.0541 e. The number of hydrogen-bond acceptors (Lipinski definition) is 3. The molecule has 11 heavy (non-hydrogen) atoms. The summed E-state index contributed by atoms with van der Waals surface area (Å²) in [6.45, 7) is 1.54. The normalized spacial score (nSPS) is 23.2. The van der Waals surface area contributed by atoms with Crippen molar-refractivity contribution in [2.24, 2.45) is 11.1 Å². The summed E-state index contributed by atoms with van der Waals surface area (Å²) in [4.78, 5) is 0. The van der Waals surface area contributed by atoms with Gasteiger partial charge in [0.1, 0.15) is 0 Å². The molecule has 2 N–H and O–H groups in total. The van der Waals surface area contributed by atoms with Gasteiger partial charge in [0.05, 0.1) is 13.2 Å². The molecule has 3 nitrogen and oxygen atoms in total. The molecule has 1 saturated carbocycles. The van der Waals surface area contributed by atoms with Crippen LogP contribution in [0.25, 0.3) is 0 Å². The highest BCUT2D eigenvalue weighted by molar-refractivity contribution is 4.95. The van der Waals surface area contributed by atoms with E-state index in [2.05, 4.69) is 0 Å². The molecular weight excluding hydrogens is 142 g/mol. The zero-order valence-electron chi connectivity index (χ0n) is 7.30. The fourth-order valence-corrected chi connectivity index (χ4v) is 1.94. The van der Waals surface area contributed by atoms with Crippen molar-refractivity contribution in [3.8, 4) is 0 Å². The van der Waals surface area contributed by atoms with Crippen molar-refractivity contribution in [3.05, 3.63) is 0 Å². The summed E-state index contributed by atoms with van der Waals surface area (Å²) < 4.78 is 10.2. The van der Waals surface area contributed by atoms with Gasteiger partial charge in [0.15, 0.2) is 0 Å². The fraction of sp³-hybridized carbons (Fsp3) is 1.00. The van der Waals surface area contributed by atoms with Gasteiger partial charge in [0.2, 0.25) is 0 Å². The SMILES string of the molecule is COCC1(COC)CC(N)C1. The van der Waals surface area contributed by atoms with E-state index in [1.54, 1.807) is 14.2 Å². The average molecular weight is 159 g/mol. The van der Waals surface area contributed by atoms with Gasteiger partial charge < -0.3 is 15.2 Å². The Morgan fingerprint density at radius 2 is 1.73 bits per heavy atom. The molecule has 0 aromatic carbocycles. The van der Waals surface area contributed by atoms with Crippen LogP contribution >= 0.6 is 0 Å². The van der Waals surface area contributed by atoms with Gasteiger partial charge in [-0.05, 0) is 12.8 Å². The van der Waals surface area contributed by atoms with E-state index >= 15 is 0 Å². The molecule has 1 fully saturated rings. The van der Waals surface area contributed by atoms with Crippen LogP contribution in [0.1, 0.15) is 12.8 Å². The Hall–Kier alpha value is -0.120. The van der Waals surface area contributed by atoms with E-state index in [-0.39, 0.29) is 5.41 Å². The lowest BCUT2D eigenvalue weighted by Gasteiger charge is -2.45. The molecule has 0 saturated heterocycles. The first-order chi connectivity index (χ1) is 5.22. The molecule has 0 aliphatic heterocycles. The van der Waals surface area contributed by atoms with Gasteiger partial charge in [-0.1, -0.05) is 0 Å². The van der Waals surface area contributed by atoms with Crippen LogP contribution in [0.15, 0.2) is 0 Å². The first-order valence-electron chi connectivity index (χ1n) is 3.96. The molecule has 0 aromatic rings. The van der Waals surface area contributed by atoms with E-state index in [0.29, 0.717) is 6.04 Å². The lowest BCUT2D eigenvalue weighted by Crippen LogP contribution is -2.51. The second kappa shape index (κ2) is 3.52. The largest absolute Gasteiger partial charge is 0.384 e. The van der Waals surface area contributed by atoms with Crippen molar-refractivity contribution in [2.75, 3.05) is 27.4 Å². The number of ether oxygens (including phenoxy) is 2. The van der Waals surface area contributed by atoms with Gasteiger partial charge in [-0.15, -0.1) is 0 Å². The van der Waals surface area contributed by atoms with Crippen LogP contribution in [-0.2, 0) is 9.47 Å². The quantitative estimate of drug-likeness (QED) is 0.645. The Balaban J connectivity index is 2.33. The van der Waals surface area contributed by atoms with Gasteiger partial charge in [-0.3, -0.25) is 0 Å². The topological polar surface area (TPSA) is 44.5 Å². The minimum absolute atomic E-state index is 0.225. The summed E-state index contributed by atoms with van der Waals surface area (Å²) >= 11 is 0. The van der Waals surface area contributed by atoms with Crippen molar-refractivity contribution in [3.63, 3.8) is 0 Å². The zero-order chi connectivity index (χ0) is 8.32. The minimum atomic E-state index is 0.225. The molecule has 3 heteroatoms. The molecule has 0 aromatic heterocycles. The number of nitrogens with two attached hydrogens (primary N) is 1. The van der Waals surface area contributed by atoms with Gasteiger partial charge in [-0.25, -0.2) is 0 Å². The summed E-state index contributed by atoms with van der Waals surface area (Å²) in [7, 11) is 3.45. The average Bonchev–Trinajstić information content (AvgIpc) is 1.86. The predicted octanol–water partition coefficient (Wildman–Crippen LogP) is 0.387. The van der Waals surface area contributed by atoms with Crippen molar-refractivity contribution >= 4 is 0 Å².